The first-order valence-electron chi connectivity index (χ1n) is 13.0. The van der Waals surface area contributed by atoms with Gasteiger partial charge in [-0.3, -0.25) is 13.9 Å². The Bertz CT molecular complexity index is 1510. The van der Waals surface area contributed by atoms with Crippen LogP contribution >= 0.6 is 34.8 Å². The zero-order valence-electron chi connectivity index (χ0n) is 23.6. The minimum Gasteiger partial charge on any atom is -0.350 e. The third kappa shape index (κ3) is 8.38. The number of halogens is 3. The number of carbonyl (C=O) groups is 2. The van der Waals surface area contributed by atoms with Crippen LogP contribution in [0.4, 0.5) is 5.69 Å². The maximum atomic E-state index is 14.2. The van der Waals surface area contributed by atoms with E-state index in [-0.39, 0.29) is 29.5 Å². The highest BCUT2D eigenvalue weighted by Gasteiger charge is 2.35. The first-order chi connectivity index (χ1) is 19.1. The number of hydrogen-bond donors (Lipinski definition) is 1. The molecular formula is C30H34Cl3N3O4S. The number of nitrogens with one attached hydrogen (secondary N) is 1. The van der Waals surface area contributed by atoms with E-state index >= 15 is 0 Å². The van der Waals surface area contributed by atoms with Gasteiger partial charge in [0, 0.05) is 17.1 Å². The minimum absolute atomic E-state index is 0.000452. The number of rotatable bonds is 10. The second kappa shape index (κ2) is 13.5. The third-order valence-electron chi connectivity index (χ3n) is 6.27. The first kappa shape index (κ1) is 32.7. The second-order valence-electron chi connectivity index (χ2n) is 10.7. The van der Waals surface area contributed by atoms with Crippen LogP contribution < -0.4 is 9.62 Å². The summed E-state index contributed by atoms with van der Waals surface area (Å²) in [6.07, 6.45) is 0.288. The number of benzene rings is 3. The van der Waals surface area contributed by atoms with Crippen molar-refractivity contribution in [1.82, 2.24) is 10.2 Å². The van der Waals surface area contributed by atoms with E-state index in [1.165, 1.54) is 23.1 Å². The molecule has 0 spiro atoms. The predicted octanol–water partition coefficient (Wildman–Crippen LogP) is 6.87. The van der Waals surface area contributed by atoms with Crippen molar-refractivity contribution in [1.29, 1.82) is 0 Å². The highest BCUT2D eigenvalue weighted by atomic mass is 35.5. The third-order valence-corrected chi connectivity index (χ3v) is 9.02. The Labute approximate surface area is 257 Å². The Balaban J connectivity index is 2.12. The summed E-state index contributed by atoms with van der Waals surface area (Å²) in [7, 11) is -4.20. The van der Waals surface area contributed by atoms with E-state index in [4.69, 9.17) is 34.8 Å². The van der Waals surface area contributed by atoms with Gasteiger partial charge in [0.1, 0.15) is 12.6 Å². The molecule has 3 aromatic carbocycles. The van der Waals surface area contributed by atoms with Gasteiger partial charge in [-0.05, 0) is 81.6 Å². The molecule has 2 amide bonds. The van der Waals surface area contributed by atoms with Crippen LogP contribution in [0.3, 0.4) is 0 Å². The number of nitrogens with zero attached hydrogens (tertiary/aromatic N) is 2. The molecule has 0 aromatic heterocycles. The minimum atomic E-state index is -4.20. The normalized spacial score (nSPS) is 12.5. The first-order valence-corrected chi connectivity index (χ1v) is 15.6. The van der Waals surface area contributed by atoms with Crippen molar-refractivity contribution >= 4 is 62.3 Å². The Hall–Kier alpha value is -2.78. The van der Waals surface area contributed by atoms with Gasteiger partial charge in [0.05, 0.1) is 20.6 Å². The molecule has 7 nitrogen and oxygen atoms in total. The topological polar surface area (TPSA) is 86.8 Å². The molecule has 0 radical (unpaired) electrons. The average molecular weight is 639 g/mol. The summed E-state index contributed by atoms with van der Waals surface area (Å²) < 4.78 is 29.0. The van der Waals surface area contributed by atoms with Crippen LogP contribution in [-0.2, 0) is 26.2 Å². The van der Waals surface area contributed by atoms with Gasteiger partial charge in [-0.1, -0.05) is 72.1 Å². The zero-order valence-corrected chi connectivity index (χ0v) is 26.7. The number of hydrogen-bond acceptors (Lipinski definition) is 4. The molecule has 0 aliphatic heterocycles. The quantitative estimate of drug-likeness (QED) is 0.263. The Morgan fingerprint density at radius 3 is 2.17 bits per heavy atom. The van der Waals surface area contributed by atoms with Crippen LogP contribution in [0.5, 0.6) is 0 Å². The molecule has 220 valence electrons. The highest BCUT2D eigenvalue weighted by Crippen LogP contribution is 2.30. The lowest BCUT2D eigenvalue weighted by molar-refractivity contribution is -0.141. The van der Waals surface area contributed by atoms with Gasteiger partial charge in [0.2, 0.25) is 11.8 Å². The fraction of sp³-hybridized carbons (Fsp3) is 0.333. The molecule has 0 bridgehead atoms. The van der Waals surface area contributed by atoms with Crippen LogP contribution in [0.25, 0.3) is 0 Å². The molecule has 0 saturated carbocycles. The maximum absolute atomic E-state index is 14.2. The molecule has 1 N–H and O–H groups in total. The lowest BCUT2D eigenvalue weighted by atomic mass is 10.1. The summed E-state index contributed by atoms with van der Waals surface area (Å²) >= 11 is 18.6. The highest BCUT2D eigenvalue weighted by molar-refractivity contribution is 7.92. The fourth-order valence-electron chi connectivity index (χ4n) is 4.29. The Kier molecular flexibility index (Phi) is 10.7. The zero-order chi connectivity index (χ0) is 30.5. The van der Waals surface area contributed by atoms with Crippen LogP contribution in [0.15, 0.2) is 71.6 Å². The van der Waals surface area contributed by atoms with Gasteiger partial charge in [0.25, 0.3) is 10.0 Å². The molecule has 1 atom stereocenters. The van der Waals surface area contributed by atoms with E-state index < -0.39 is 34.1 Å². The molecule has 3 aromatic rings. The SMILES string of the molecule is CC[C@@H](C(=O)NC(C)(C)C)N(Cc1ccc(Cl)c(Cl)c1)C(=O)CN(c1cc(Cl)ccc1C)S(=O)(=O)c1ccccc1. The standard InChI is InChI=1S/C30H34Cl3N3O4S/c1-6-26(29(38)34-30(3,4)5)35(18-21-13-15-24(32)25(33)16-21)28(37)19-36(27-17-22(31)14-12-20(27)2)41(39,40)23-10-8-7-9-11-23/h7-17,26H,6,18-19H2,1-5H3,(H,34,38)/t26-/m0/s1. The van der Waals surface area contributed by atoms with E-state index in [9.17, 15) is 18.0 Å². The lowest BCUT2D eigenvalue weighted by Gasteiger charge is -2.35. The van der Waals surface area contributed by atoms with E-state index in [0.717, 1.165) is 4.31 Å². The van der Waals surface area contributed by atoms with E-state index in [1.807, 2.05) is 20.8 Å². The van der Waals surface area contributed by atoms with Gasteiger partial charge in [0.15, 0.2) is 0 Å². The molecule has 41 heavy (non-hydrogen) atoms. The van der Waals surface area contributed by atoms with Gasteiger partial charge < -0.3 is 10.2 Å². The van der Waals surface area contributed by atoms with Crippen molar-refractivity contribution in [2.75, 3.05) is 10.8 Å². The number of aryl methyl sites for hydroxylation is 1. The van der Waals surface area contributed by atoms with Crippen molar-refractivity contribution in [2.24, 2.45) is 0 Å². The average Bonchev–Trinajstić information content (AvgIpc) is 2.90. The smallest absolute Gasteiger partial charge is 0.264 e. The van der Waals surface area contributed by atoms with Gasteiger partial charge in [-0.15, -0.1) is 0 Å². The molecule has 11 heteroatoms. The Morgan fingerprint density at radius 1 is 0.927 bits per heavy atom. The van der Waals surface area contributed by atoms with Crippen molar-refractivity contribution < 1.29 is 18.0 Å². The monoisotopic (exact) mass is 637 g/mol. The van der Waals surface area contributed by atoms with E-state index in [1.54, 1.807) is 62.4 Å². The number of amides is 2. The van der Waals surface area contributed by atoms with Crippen LogP contribution in [0.2, 0.25) is 15.1 Å². The lowest BCUT2D eigenvalue weighted by Crippen LogP contribution is -2.55. The van der Waals surface area contributed by atoms with Crippen LogP contribution in [0, 0.1) is 6.92 Å². The summed E-state index contributed by atoms with van der Waals surface area (Å²) in [5.74, 6) is -0.935. The predicted molar refractivity (Wildman–Crippen MR) is 166 cm³/mol. The van der Waals surface area contributed by atoms with Crippen LogP contribution in [-0.4, -0.2) is 43.3 Å². The molecule has 0 heterocycles. The summed E-state index contributed by atoms with van der Waals surface area (Å²) in [4.78, 5) is 29.0. The van der Waals surface area contributed by atoms with Crippen molar-refractivity contribution in [3.05, 3.63) is 92.9 Å². The molecule has 0 unspecified atom stereocenters. The van der Waals surface area contributed by atoms with Crippen molar-refractivity contribution in [3.63, 3.8) is 0 Å². The summed E-state index contributed by atoms with van der Waals surface area (Å²) in [6, 6.07) is 16.8. The summed E-state index contributed by atoms with van der Waals surface area (Å²) in [5.41, 5.74) is 0.946. The van der Waals surface area contributed by atoms with Gasteiger partial charge in [-0.25, -0.2) is 8.42 Å². The fourth-order valence-corrected chi connectivity index (χ4v) is 6.27. The molecule has 3 rings (SSSR count). The molecule has 0 aliphatic rings. The summed E-state index contributed by atoms with van der Waals surface area (Å²) in [5, 5.41) is 3.90. The number of anilines is 1. The van der Waals surface area contributed by atoms with Crippen LogP contribution in [0.1, 0.15) is 45.2 Å². The van der Waals surface area contributed by atoms with E-state index in [0.29, 0.717) is 26.2 Å². The molecule has 0 aliphatic carbocycles. The van der Waals surface area contributed by atoms with Crippen molar-refractivity contribution in [3.8, 4) is 0 Å². The van der Waals surface area contributed by atoms with E-state index in [2.05, 4.69) is 5.32 Å². The number of sulfonamides is 1. The largest absolute Gasteiger partial charge is 0.350 e. The maximum Gasteiger partial charge on any atom is 0.264 e. The van der Waals surface area contributed by atoms with Crippen molar-refractivity contribution in [2.45, 2.75) is 64.1 Å². The summed E-state index contributed by atoms with van der Waals surface area (Å²) in [6.45, 7) is 8.50. The second-order valence-corrected chi connectivity index (χ2v) is 13.8. The number of carbonyl (C=O) groups excluding carboxylic acids is 2. The molecular weight excluding hydrogens is 605 g/mol. The van der Waals surface area contributed by atoms with Gasteiger partial charge in [-0.2, -0.15) is 0 Å². The molecule has 0 saturated heterocycles. The van der Waals surface area contributed by atoms with Gasteiger partial charge >= 0.3 is 0 Å². The molecule has 0 fully saturated rings. The Morgan fingerprint density at radius 2 is 1.59 bits per heavy atom.